The Morgan fingerprint density at radius 1 is 1.43 bits per heavy atom. The van der Waals surface area contributed by atoms with Crippen molar-refractivity contribution in [2.24, 2.45) is 0 Å². The maximum Gasteiger partial charge on any atom is 0.0858 e. The van der Waals surface area contributed by atoms with Crippen LogP contribution in [0.5, 0.6) is 0 Å². The van der Waals surface area contributed by atoms with Crippen molar-refractivity contribution in [3.63, 3.8) is 0 Å². The molecule has 0 bridgehead atoms. The van der Waals surface area contributed by atoms with Crippen LogP contribution >= 0.6 is 12.2 Å². The first kappa shape index (κ1) is 16.3. The Hall–Kier alpha value is -1.04. The Bertz CT molecular complexity index is 461. The van der Waals surface area contributed by atoms with E-state index in [0.29, 0.717) is 0 Å². The molecule has 1 fully saturated rings. The minimum Gasteiger partial charge on any atom is -0.379 e. The number of hydrogen-bond acceptors (Lipinski definition) is 4. The van der Waals surface area contributed by atoms with Gasteiger partial charge in [0.05, 0.1) is 29.8 Å². The summed E-state index contributed by atoms with van der Waals surface area (Å²) in [6, 6.07) is 6.17. The molecule has 1 aliphatic rings. The number of nitrogens with zero attached hydrogens (tertiary/aromatic N) is 2. The molecule has 1 aromatic heterocycles. The molecule has 0 spiro atoms. The summed E-state index contributed by atoms with van der Waals surface area (Å²) < 4.78 is 5.43. The monoisotopic (exact) mass is 307 g/mol. The largest absolute Gasteiger partial charge is 0.379 e. The topological polar surface area (TPSA) is 37.4 Å². The van der Waals surface area contributed by atoms with Gasteiger partial charge in [0.2, 0.25) is 0 Å². The molecule has 5 heteroatoms. The number of thiocarbonyl (C=S) groups is 1. The predicted octanol–water partition coefficient (Wildman–Crippen LogP) is 2.13. The van der Waals surface area contributed by atoms with Crippen LogP contribution in [0.3, 0.4) is 0 Å². The Balaban J connectivity index is 2.10. The number of aryl methyl sites for hydroxylation is 1. The van der Waals surface area contributed by atoms with Crippen LogP contribution in [0.4, 0.5) is 0 Å². The highest BCUT2D eigenvalue weighted by atomic mass is 32.1. The molecule has 1 aliphatic heterocycles. The maximum absolute atomic E-state index is 5.63. The molecule has 116 valence electrons. The van der Waals surface area contributed by atoms with Crippen molar-refractivity contribution in [3.05, 3.63) is 29.6 Å². The highest BCUT2D eigenvalue weighted by Gasteiger charge is 2.23. The molecular formula is C16H25N3OS. The van der Waals surface area contributed by atoms with Crippen molar-refractivity contribution in [2.45, 2.75) is 26.2 Å². The van der Waals surface area contributed by atoms with E-state index >= 15 is 0 Å². The van der Waals surface area contributed by atoms with Gasteiger partial charge in [-0.25, -0.2) is 0 Å². The van der Waals surface area contributed by atoms with Gasteiger partial charge in [0.25, 0.3) is 0 Å². The Morgan fingerprint density at radius 2 is 2.19 bits per heavy atom. The van der Waals surface area contributed by atoms with E-state index < -0.39 is 0 Å². The van der Waals surface area contributed by atoms with Crippen molar-refractivity contribution in [1.29, 1.82) is 0 Å². The molecule has 2 heterocycles. The van der Waals surface area contributed by atoms with Crippen LogP contribution in [-0.4, -0.2) is 54.3 Å². The number of pyridine rings is 1. The fourth-order valence-corrected chi connectivity index (χ4v) is 2.78. The third-order valence-electron chi connectivity index (χ3n) is 3.68. The van der Waals surface area contributed by atoms with Gasteiger partial charge in [-0.05, 0) is 25.5 Å². The third kappa shape index (κ3) is 5.02. The van der Waals surface area contributed by atoms with Crippen molar-refractivity contribution < 1.29 is 4.74 Å². The van der Waals surface area contributed by atoms with E-state index in [2.05, 4.69) is 34.3 Å². The van der Waals surface area contributed by atoms with E-state index in [-0.39, 0.29) is 5.92 Å². The molecule has 0 radical (unpaired) electrons. The second-order valence-electron chi connectivity index (χ2n) is 5.46. The van der Waals surface area contributed by atoms with Crippen LogP contribution in [0.1, 0.15) is 30.7 Å². The van der Waals surface area contributed by atoms with Crippen LogP contribution in [-0.2, 0) is 4.74 Å². The van der Waals surface area contributed by atoms with Crippen LogP contribution in [0.15, 0.2) is 18.2 Å². The van der Waals surface area contributed by atoms with Crippen molar-refractivity contribution in [3.8, 4) is 0 Å². The SMILES string of the molecule is CCCNC(=S)C(CN1CCOCC1)c1cccc(C)n1. The van der Waals surface area contributed by atoms with Crippen LogP contribution in [0, 0.1) is 6.92 Å². The van der Waals surface area contributed by atoms with E-state index in [9.17, 15) is 0 Å². The van der Waals surface area contributed by atoms with Gasteiger partial charge < -0.3 is 10.1 Å². The van der Waals surface area contributed by atoms with Crippen molar-refractivity contribution >= 4 is 17.2 Å². The summed E-state index contributed by atoms with van der Waals surface area (Å²) in [4.78, 5) is 8.00. The molecule has 2 rings (SSSR count). The van der Waals surface area contributed by atoms with Gasteiger partial charge in [0, 0.05) is 31.9 Å². The average molecular weight is 307 g/mol. The van der Waals surface area contributed by atoms with Gasteiger partial charge in [0.1, 0.15) is 0 Å². The van der Waals surface area contributed by atoms with Gasteiger partial charge in [-0.1, -0.05) is 25.2 Å². The van der Waals surface area contributed by atoms with E-state index in [1.807, 2.05) is 13.0 Å². The molecule has 1 N–H and O–H groups in total. The zero-order chi connectivity index (χ0) is 15.1. The normalized spacial score (nSPS) is 17.4. The first-order valence-corrected chi connectivity index (χ1v) is 8.13. The predicted molar refractivity (Wildman–Crippen MR) is 89.9 cm³/mol. The second kappa shape index (κ2) is 8.41. The summed E-state index contributed by atoms with van der Waals surface area (Å²) in [7, 11) is 0. The molecule has 1 aromatic rings. The fourth-order valence-electron chi connectivity index (χ4n) is 2.48. The smallest absolute Gasteiger partial charge is 0.0858 e. The van der Waals surface area contributed by atoms with Gasteiger partial charge in [-0.2, -0.15) is 0 Å². The summed E-state index contributed by atoms with van der Waals surface area (Å²) in [5.41, 5.74) is 2.10. The molecule has 4 nitrogen and oxygen atoms in total. The summed E-state index contributed by atoms with van der Waals surface area (Å²) in [6.45, 7) is 9.57. The number of rotatable bonds is 6. The number of aromatic nitrogens is 1. The van der Waals surface area contributed by atoms with Gasteiger partial charge in [-0.3, -0.25) is 9.88 Å². The van der Waals surface area contributed by atoms with Gasteiger partial charge in [-0.15, -0.1) is 0 Å². The lowest BCUT2D eigenvalue weighted by molar-refractivity contribution is 0.0372. The van der Waals surface area contributed by atoms with E-state index in [0.717, 1.165) is 62.2 Å². The first-order chi connectivity index (χ1) is 10.2. The molecule has 1 saturated heterocycles. The second-order valence-corrected chi connectivity index (χ2v) is 5.90. The molecule has 1 unspecified atom stereocenters. The van der Waals surface area contributed by atoms with E-state index in [1.54, 1.807) is 0 Å². The summed E-state index contributed by atoms with van der Waals surface area (Å²) in [6.07, 6.45) is 1.08. The molecule has 0 aliphatic carbocycles. The maximum atomic E-state index is 5.63. The summed E-state index contributed by atoms with van der Waals surface area (Å²) >= 11 is 5.63. The summed E-state index contributed by atoms with van der Waals surface area (Å²) in [5, 5.41) is 3.37. The summed E-state index contributed by atoms with van der Waals surface area (Å²) in [5.74, 6) is 0.157. The van der Waals surface area contributed by atoms with Crippen LogP contribution in [0.25, 0.3) is 0 Å². The minimum absolute atomic E-state index is 0.157. The molecule has 0 saturated carbocycles. The Kier molecular flexibility index (Phi) is 6.54. The van der Waals surface area contributed by atoms with Crippen molar-refractivity contribution in [2.75, 3.05) is 39.4 Å². The average Bonchev–Trinajstić information content (AvgIpc) is 2.51. The van der Waals surface area contributed by atoms with Gasteiger partial charge in [0.15, 0.2) is 0 Å². The highest BCUT2D eigenvalue weighted by Crippen LogP contribution is 2.18. The fraction of sp³-hybridized carbons (Fsp3) is 0.625. The lowest BCUT2D eigenvalue weighted by Gasteiger charge is -2.30. The third-order valence-corrected chi connectivity index (χ3v) is 4.11. The number of hydrogen-bond donors (Lipinski definition) is 1. The molecule has 21 heavy (non-hydrogen) atoms. The Morgan fingerprint density at radius 3 is 2.86 bits per heavy atom. The zero-order valence-electron chi connectivity index (χ0n) is 13.0. The Labute approximate surface area is 132 Å². The van der Waals surface area contributed by atoms with Crippen molar-refractivity contribution in [1.82, 2.24) is 15.2 Å². The first-order valence-electron chi connectivity index (χ1n) is 7.72. The lowest BCUT2D eigenvalue weighted by Crippen LogP contribution is -2.42. The number of morpholine rings is 1. The lowest BCUT2D eigenvalue weighted by atomic mass is 10.0. The van der Waals surface area contributed by atoms with Crippen LogP contribution in [0.2, 0.25) is 0 Å². The molecule has 1 atom stereocenters. The quantitative estimate of drug-likeness (QED) is 0.815. The minimum atomic E-state index is 0.157. The van der Waals surface area contributed by atoms with E-state index in [4.69, 9.17) is 17.0 Å². The number of ether oxygens (including phenoxy) is 1. The highest BCUT2D eigenvalue weighted by molar-refractivity contribution is 7.80. The number of nitrogens with one attached hydrogen (secondary N) is 1. The molecular weight excluding hydrogens is 282 g/mol. The van der Waals surface area contributed by atoms with Gasteiger partial charge >= 0.3 is 0 Å². The molecule has 0 amide bonds. The molecule has 0 aromatic carbocycles. The van der Waals surface area contributed by atoms with E-state index in [1.165, 1.54) is 0 Å². The van der Waals surface area contributed by atoms with Crippen LogP contribution < -0.4 is 5.32 Å². The zero-order valence-corrected chi connectivity index (χ0v) is 13.8. The standard InChI is InChI=1S/C16H25N3OS/c1-3-7-17-16(21)14(12-19-8-10-20-11-9-19)15-6-4-5-13(2)18-15/h4-6,14H,3,7-12H2,1-2H3,(H,17,21).